The highest BCUT2D eigenvalue weighted by molar-refractivity contribution is 5.74. The molecule has 0 heterocycles. The van der Waals surface area contributed by atoms with Crippen molar-refractivity contribution >= 4 is 6.03 Å². The van der Waals surface area contributed by atoms with Gasteiger partial charge in [0.1, 0.15) is 0 Å². The van der Waals surface area contributed by atoms with Crippen LogP contribution in [0.15, 0.2) is 0 Å². The number of unbranched alkanes of at least 4 members (excludes halogenated alkanes) is 1. The van der Waals surface area contributed by atoms with Gasteiger partial charge in [-0.05, 0) is 19.8 Å². The molecule has 0 bridgehead atoms. The molecule has 1 atom stereocenters. The van der Waals surface area contributed by atoms with Crippen LogP contribution in [0.3, 0.4) is 0 Å². The van der Waals surface area contributed by atoms with Gasteiger partial charge in [-0.15, -0.1) is 0 Å². The van der Waals surface area contributed by atoms with Gasteiger partial charge in [0.25, 0.3) is 0 Å². The Morgan fingerprint density at radius 3 is 2.77 bits per heavy atom. The third-order valence-electron chi connectivity index (χ3n) is 1.76. The first kappa shape index (κ1) is 12.2. The van der Waals surface area contributed by atoms with Crippen molar-refractivity contribution in [2.45, 2.75) is 39.2 Å². The van der Waals surface area contributed by atoms with E-state index in [1.54, 1.807) is 0 Å². The smallest absolute Gasteiger partial charge is 0.314 e. The van der Waals surface area contributed by atoms with Crippen molar-refractivity contribution in [2.24, 2.45) is 0 Å². The molecule has 0 aliphatic carbocycles. The van der Waals surface area contributed by atoms with Crippen LogP contribution in [0.2, 0.25) is 0 Å². The highest BCUT2D eigenvalue weighted by Crippen LogP contribution is 1.88. The van der Waals surface area contributed by atoms with Crippen LogP contribution in [0.25, 0.3) is 0 Å². The summed E-state index contributed by atoms with van der Waals surface area (Å²) in [5.74, 6) is 0. The number of rotatable bonds is 6. The van der Waals surface area contributed by atoms with Gasteiger partial charge < -0.3 is 15.7 Å². The number of urea groups is 1. The molecule has 4 heteroatoms. The summed E-state index contributed by atoms with van der Waals surface area (Å²) in [7, 11) is 0. The van der Waals surface area contributed by atoms with Gasteiger partial charge in [0.2, 0.25) is 0 Å². The molecular weight excluding hydrogens is 168 g/mol. The third kappa shape index (κ3) is 7.59. The molecule has 0 saturated carbocycles. The van der Waals surface area contributed by atoms with Gasteiger partial charge in [0.05, 0.1) is 0 Å². The number of aliphatic hydroxyl groups excluding tert-OH is 1. The molecule has 1 unspecified atom stereocenters. The fourth-order valence-corrected chi connectivity index (χ4v) is 0.919. The van der Waals surface area contributed by atoms with Crippen LogP contribution in [-0.2, 0) is 0 Å². The molecule has 0 aliphatic heterocycles. The lowest BCUT2D eigenvalue weighted by Crippen LogP contribution is -2.41. The van der Waals surface area contributed by atoms with Crippen molar-refractivity contribution in [1.82, 2.24) is 10.6 Å². The van der Waals surface area contributed by atoms with Crippen LogP contribution in [0, 0.1) is 0 Å². The second-order valence-electron chi connectivity index (χ2n) is 3.17. The number of nitrogens with one attached hydrogen (secondary N) is 2. The molecule has 0 saturated heterocycles. The molecule has 2 amide bonds. The van der Waals surface area contributed by atoms with E-state index >= 15 is 0 Å². The second kappa shape index (κ2) is 7.86. The fourth-order valence-electron chi connectivity index (χ4n) is 0.919. The van der Waals surface area contributed by atoms with Gasteiger partial charge in [-0.2, -0.15) is 0 Å². The van der Waals surface area contributed by atoms with Crippen LogP contribution >= 0.6 is 0 Å². The largest absolute Gasteiger partial charge is 0.396 e. The maximum absolute atomic E-state index is 11.1. The van der Waals surface area contributed by atoms with Crippen LogP contribution in [0.5, 0.6) is 0 Å². The number of amides is 2. The van der Waals surface area contributed by atoms with Crippen molar-refractivity contribution in [3.8, 4) is 0 Å². The van der Waals surface area contributed by atoms with E-state index in [0.717, 1.165) is 12.8 Å². The first-order chi connectivity index (χ1) is 6.20. The monoisotopic (exact) mass is 188 g/mol. The van der Waals surface area contributed by atoms with Gasteiger partial charge in [-0.3, -0.25) is 0 Å². The zero-order valence-electron chi connectivity index (χ0n) is 8.47. The number of aliphatic hydroxyl groups is 1. The van der Waals surface area contributed by atoms with E-state index in [0.29, 0.717) is 13.0 Å². The number of carbonyl (C=O) groups is 1. The summed E-state index contributed by atoms with van der Waals surface area (Å²) >= 11 is 0. The lowest BCUT2D eigenvalue weighted by molar-refractivity contribution is 0.231. The summed E-state index contributed by atoms with van der Waals surface area (Å²) in [6.45, 7) is 4.77. The third-order valence-corrected chi connectivity index (χ3v) is 1.76. The van der Waals surface area contributed by atoms with Gasteiger partial charge in [0.15, 0.2) is 0 Å². The Morgan fingerprint density at radius 1 is 1.54 bits per heavy atom. The number of hydrogen-bond donors (Lipinski definition) is 3. The van der Waals surface area contributed by atoms with Crippen LogP contribution in [-0.4, -0.2) is 30.3 Å². The van der Waals surface area contributed by atoms with E-state index < -0.39 is 0 Å². The summed E-state index contributed by atoms with van der Waals surface area (Å²) in [5, 5.41) is 14.1. The van der Waals surface area contributed by atoms with Crippen molar-refractivity contribution in [1.29, 1.82) is 0 Å². The summed E-state index contributed by atoms with van der Waals surface area (Å²) in [4.78, 5) is 11.1. The van der Waals surface area contributed by atoms with Crippen molar-refractivity contribution in [2.75, 3.05) is 13.2 Å². The zero-order valence-corrected chi connectivity index (χ0v) is 8.47. The Morgan fingerprint density at radius 2 is 2.23 bits per heavy atom. The molecule has 4 nitrogen and oxygen atoms in total. The quantitative estimate of drug-likeness (QED) is 0.541. The van der Waals surface area contributed by atoms with E-state index in [1.165, 1.54) is 0 Å². The Balaban J connectivity index is 3.38. The number of carbonyl (C=O) groups excluding carboxylic acids is 1. The van der Waals surface area contributed by atoms with E-state index in [2.05, 4.69) is 17.6 Å². The van der Waals surface area contributed by atoms with Gasteiger partial charge in [-0.1, -0.05) is 13.3 Å². The van der Waals surface area contributed by atoms with Crippen LogP contribution in [0.4, 0.5) is 4.79 Å². The van der Waals surface area contributed by atoms with Gasteiger partial charge >= 0.3 is 6.03 Å². The molecule has 0 aliphatic rings. The minimum atomic E-state index is -0.144. The van der Waals surface area contributed by atoms with Crippen molar-refractivity contribution < 1.29 is 9.90 Å². The predicted molar refractivity (Wildman–Crippen MR) is 52.6 cm³/mol. The molecule has 0 spiro atoms. The first-order valence-corrected chi connectivity index (χ1v) is 4.86. The lowest BCUT2D eigenvalue weighted by Gasteiger charge is -2.12. The minimum Gasteiger partial charge on any atom is -0.396 e. The summed E-state index contributed by atoms with van der Waals surface area (Å²) in [5.41, 5.74) is 0. The van der Waals surface area contributed by atoms with E-state index in [4.69, 9.17) is 5.11 Å². The highest BCUT2D eigenvalue weighted by Gasteiger charge is 2.04. The standard InChI is InChI=1S/C9H20N2O2/c1-3-4-6-10-9(13)11-8(2)5-7-12/h8,12H,3-7H2,1-2H3,(H2,10,11,13). The van der Waals surface area contributed by atoms with Gasteiger partial charge in [-0.25, -0.2) is 4.79 Å². The SMILES string of the molecule is CCCCNC(=O)NC(C)CCO. The molecule has 3 N–H and O–H groups in total. The molecule has 13 heavy (non-hydrogen) atoms. The molecule has 78 valence electrons. The summed E-state index contributed by atoms with van der Waals surface area (Å²) < 4.78 is 0. The molecule has 0 fully saturated rings. The molecule has 0 aromatic heterocycles. The average molecular weight is 188 g/mol. The average Bonchev–Trinajstić information content (AvgIpc) is 2.05. The molecule has 0 rings (SSSR count). The predicted octanol–water partition coefficient (Wildman–Crippen LogP) is 0.857. The Bertz CT molecular complexity index is 140. The summed E-state index contributed by atoms with van der Waals surface area (Å²) in [6.07, 6.45) is 2.68. The van der Waals surface area contributed by atoms with Crippen molar-refractivity contribution in [3.05, 3.63) is 0 Å². The topological polar surface area (TPSA) is 61.4 Å². The molecular formula is C9H20N2O2. The first-order valence-electron chi connectivity index (χ1n) is 4.86. The Kier molecular flexibility index (Phi) is 7.39. The second-order valence-corrected chi connectivity index (χ2v) is 3.17. The normalized spacial score (nSPS) is 12.2. The van der Waals surface area contributed by atoms with E-state index in [9.17, 15) is 4.79 Å². The molecule has 0 aromatic carbocycles. The van der Waals surface area contributed by atoms with Gasteiger partial charge in [0, 0.05) is 19.2 Å². The maximum atomic E-state index is 11.1. The summed E-state index contributed by atoms with van der Waals surface area (Å²) in [6, 6.07) is -0.110. The van der Waals surface area contributed by atoms with Crippen molar-refractivity contribution in [3.63, 3.8) is 0 Å². The Hall–Kier alpha value is -0.770. The zero-order chi connectivity index (χ0) is 10.1. The minimum absolute atomic E-state index is 0.0339. The molecule has 0 aromatic rings. The Labute approximate surface area is 79.7 Å². The van der Waals surface area contributed by atoms with Crippen LogP contribution < -0.4 is 10.6 Å². The highest BCUT2D eigenvalue weighted by atomic mass is 16.3. The van der Waals surface area contributed by atoms with Crippen LogP contribution in [0.1, 0.15) is 33.1 Å². The maximum Gasteiger partial charge on any atom is 0.314 e. The number of hydrogen-bond acceptors (Lipinski definition) is 2. The molecule has 0 radical (unpaired) electrons. The van der Waals surface area contributed by atoms with E-state index in [1.807, 2.05) is 6.92 Å². The lowest BCUT2D eigenvalue weighted by atomic mass is 10.2. The van der Waals surface area contributed by atoms with E-state index in [-0.39, 0.29) is 18.7 Å². The fraction of sp³-hybridized carbons (Fsp3) is 0.889.